The summed E-state index contributed by atoms with van der Waals surface area (Å²) in [4.78, 5) is 0. The summed E-state index contributed by atoms with van der Waals surface area (Å²) < 4.78 is 0. The second-order valence-electron chi connectivity index (χ2n) is 3.80. The topological polar surface area (TPSA) is 0 Å². The average molecular weight is 158 g/mol. The second-order valence-corrected chi connectivity index (χ2v) is 3.80. The first-order valence-electron chi connectivity index (χ1n) is 4.48. The van der Waals surface area contributed by atoms with Gasteiger partial charge in [0.1, 0.15) is 0 Å². The summed E-state index contributed by atoms with van der Waals surface area (Å²) in [5.41, 5.74) is 1.67. The van der Waals surface area contributed by atoms with Crippen molar-refractivity contribution < 1.29 is 0 Å². The molecule has 0 bridgehead atoms. The lowest BCUT2D eigenvalue weighted by molar-refractivity contribution is 0.398. The van der Waals surface area contributed by atoms with Crippen LogP contribution >= 0.6 is 0 Å². The normalized spacial score (nSPS) is 37.8. The molecule has 0 heterocycles. The van der Waals surface area contributed by atoms with Crippen molar-refractivity contribution in [2.75, 3.05) is 0 Å². The fourth-order valence-corrected chi connectivity index (χ4v) is 1.87. The van der Waals surface area contributed by atoms with Gasteiger partial charge in [0.05, 0.1) is 0 Å². The molecule has 0 N–H and O–H groups in total. The first-order chi connectivity index (χ1) is 5.73. The third-order valence-corrected chi connectivity index (χ3v) is 3.07. The quantitative estimate of drug-likeness (QED) is 0.507. The van der Waals surface area contributed by atoms with E-state index in [1.165, 1.54) is 5.57 Å². The molecular formula is C12H14. The zero-order chi connectivity index (χ0) is 8.60. The van der Waals surface area contributed by atoms with Gasteiger partial charge >= 0.3 is 0 Å². The highest BCUT2D eigenvalue weighted by Gasteiger charge is 2.32. The molecular weight excluding hydrogens is 144 g/mol. The van der Waals surface area contributed by atoms with Crippen molar-refractivity contribution in [3.63, 3.8) is 0 Å². The first-order valence-corrected chi connectivity index (χ1v) is 4.48. The molecule has 0 aromatic heterocycles. The molecule has 0 heteroatoms. The fraction of sp³-hybridized carbons (Fsp3) is 0.333. The van der Waals surface area contributed by atoms with Gasteiger partial charge < -0.3 is 0 Å². The van der Waals surface area contributed by atoms with E-state index in [0.29, 0.717) is 5.92 Å². The van der Waals surface area contributed by atoms with E-state index in [4.69, 9.17) is 0 Å². The third kappa shape index (κ3) is 0.911. The maximum absolute atomic E-state index is 2.30. The van der Waals surface area contributed by atoms with Crippen LogP contribution in [0.2, 0.25) is 0 Å². The predicted octanol–water partition coefficient (Wildman–Crippen LogP) is 3.25. The Morgan fingerprint density at radius 3 is 2.83 bits per heavy atom. The Kier molecular flexibility index (Phi) is 1.57. The maximum atomic E-state index is 2.30. The van der Waals surface area contributed by atoms with Crippen molar-refractivity contribution in [2.24, 2.45) is 11.3 Å². The van der Waals surface area contributed by atoms with Crippen molar-refractivity contribution in [2.45, 2.75) is 13.8 Å². The summed E-state index contributed by atoms with van der Waals surface area (Å²) in [6, 6.07) is 0. The Labute approximate surface area is 74.0 Å². The van der Waals surface area contributed by atoms with Crippen LogP contribution in [0.15, 0.2) is 48.1 Å². The molecule has 0 aromatic rings. The van der Waals surface area contributed by atoms with Gasteiger partial charge in [-0.1, -0.05) is 56.4 Å². The highest BCUT2D eigenvalue weighted by Crippen LogP contribution is 2.42. The van der Waals surface area contributed by atoms with Crippen LogP contribution in [-0.2, 0) is 0 Å². The molecule has 2 rings (SSSR count). The fourth-order valence-electron chi connectivity index (χ4n) is 1.87. The van der Waals surface area contributed by atoms with Gasteiger partial charge in [0.2, 0.25) is 0 Å². The van der Waals surface area contributed by atoms with Crippen LogP contribution < -0.4 is 0 Å². The molecule has 12 heavy (non-hydrogen) atoms. The average Bonchev–Trinajstić information content (AvgIpc) is 2.07. The maximum Gasteiger partial charge on any atom is 0.0167 e. The monoisotopic (exact) mass is 158 g/mol. The molecule has 0 spiro atoms. The summed E-state index contributed by atoms with van der Waals surface area (Å²) >= 11 is 0. The smallest absolute Gasteiger partial charge is 0.0167 e. The molecule has 0 saturated heterocycles. The van der Waals surface area contributed by atoms with Gasteiger partial charge in [0.25, 0.3) is 0 Å². The Balaban J connectivity index is 2.48. The van der Waals surface area contributed by atoms with Gasteiger partial charge in [-0.3, -0.25) is 0 Å². The van der Waals surface area contributed by atoms with Crippen LogP contribution in [-0.4, -0.2) is 0 Å². The lowest BCUT2D eigenvalue weighted by Gasteiger charge is -2.36. The van der Waals surface area contributed by atoms with Crippen molar-refractivity contribution in [3.8, 4) is 0 Å². The number of fused-ring (bicyclic) bond motifs is 1. The molecule has 62 valence electrons. The van der Waals surface area contributed by atoms with Crippen molar-refractivity contribution >= 4 is 0 Å². The van der Waals surface area contributed by atoms with Crippen LogP contribution in [0.1, 0.15) is 13.8 Å². The van der Waals surface area contributed by atoms with E-state index < -0.39 is 0 Å². The number of rotatable bonds is 0. The van der Waals surface area contributed by atoms with Crippen molar-refractivity contribution in [1.82, 2.24) is 0 Å². The van der Waals surface area contributed by atoms with E-state index in [1.54, 1.807) is 0 Å². The minimum Gasteiger partial charge on any atom is -0.0805 e. The molecule has 0 radical (unpaired) electrons. The molecule has 2 aliphatic rings. The van der Waals surface area contributed by atoms with Crippen molar-refractivity contribution in [1.29, 1.82) is 0 Å². The molecule has 0 aliphatic heterocycles. The third-order valence-electron chi connectivity index (χ3n) is 3.07. The largest absolute Gasteiger partial charge is 0.0805 e. The summed E-state index contributed by atoms with van der Waals surface area (Å²) in [6.07, 6.45) is 15.4. The molecule has 2 aliphatic carbocycles. The van der Waals surface area contributed by atoms with Gasteiger partial charge in [-0.2, -0.15) is 0 Å². The Bertz CT molecular complexity index is 302. The van der Waals surface area contributed by atoms with Gasteiger partial charge in [-0.15, -0.1) is 0 Å². The summed E-state index contributed by atoms with van der Waals surface area (Å²) in [6.45, 7) is 4.57. The molecule has 2 unspecified atom stereocenters. The molecule has 0 saturated carbocycles. The standard InChI is InChI=1S/C12H14/c1-10-6-5-8-11-7-3-4-9-12(10,11)2/h3-10H,1-2H3. The van der Waals surface area contributed by atoms with Crippen LogP contribution in [0.5, 0.6) is 0 Å². The van der Waals surface area contributed by atoms with Gasteiger partial charge in [0.15, 0.2) is 0 Å². The Hall–Kier alpha value is -1.04. The van der Waals surface area contributed by atoms with Crippen LogP contribution in [0, 0.1) is 11.3 Å². The van der Waals surface area contributed by atoms with E-state index in [0.717, 1.165) is 0 Å². The lowest BCUT2D eigenvalue weighted by atomic mass is 9.68. The number of allylic oxidation sites excluding steroid dienone is 8. The van der Waals surface area contributed by atoms with E-state index in [-0.39, 0.29) is 5.41 Å². The van der Waals surface area contributed by atoms with Crippen LogP contribution in [0.4, 0.5) is 0 Å². The van der Waals surface area contributed by atoms with Gasteiger partial charge in [-0.05, 0) is 11.5 Å². The van der Waals surface area contributed by atoms with Gasteiger partial charge in [0, 0.05) is 5.41 Å². The minimum atomic E-state index is 0.240. The van der Waals surface area contributed by atoms with E-state index in [2.05, 4.69) is 56.4 Å². The molecule has 2 atom stereocenters. The summed E-state index contributed by atoms with van der Waals surface area (Å²) in [5, 5.41) is 0. The van der Waals surface area contributed by atoms with Gasteiger partial charge in [-0.25, -0.2) is 0 Å². The highest BCUT2D eigenvalue weighted by molar-refractivity contribution is 5.43. The zero-order valence-corrected chi connectivity index (χ0v) is 7.62. The second kappa shape index (κ2) is 2.48. The van der Waals surface area contributed by atoms with E-state index in [1.807, 2.05) is 0 Å². The summed E-state index contributed by atoms with van der Waals surface area (Å²) in [7, 11) is 0. The number of hydrogen-bond acceptors (Lipinski definition) is 0. The summed E-state index contributed by atoms with van der Waals surface area (Å²) in [5.74, 6) is 0.610. The predicted molar refractivity (Wildman–Crippen MR) is 52.8 cm³/mol. The lowest BCUT2D eigenvalue weighted by Crippen LogP contribution is -2.26. The van der Waals surface area contributed by atoms with E-state index in [9.17, 15) is 0 Å². The number of hydrogen-bond donors (Lipinski definition) is 0. The molecule has 0 amide bonds. The Morgan fingerprint density at radius 1 is 1.25 bits per heavy atom. The van der Waals surface area contributed by atoms with Crippen LogP contribution in [0.3, 0.4) is 0 Å². The van der Waals surface area contributed by atoms with Crippen LogP contribution in [0.25, 0.3) is 0 Å². The first kappa shape index (κ1) is 7.60. The minimum absolute atomic E-state index is 0.240. The van der Waals surface area contributed by atoms with E-state index >= 15 is 0 Å². The molecule has 0 nitrogen and oxygen atoms in total. The Morgan fingerprint density at radius 2 is 2.08 bits per heavy atom. The zero-order valence-electron chi connectivity index (χ0n) is 7.62. The van der Waals surface area contributed by atoms with Crippen molar-refractivity contribution in [3.05, 3.63) is 48.1 Å². The highest BCUT2D eigenvalue weighted by atomic mass is 14.4. The molecule has 0 fully saturated rings. The molecule has 0 aromatic carbocycles. The SMILES string of the molecule is CC1C=CC=C2C=CC=CC21C.